The van der Waals surface area contributed by atoms with Gasteiger partial charge in [-0.2, -0.15) is 11.3 Å². The molecule has 0 saturated carbocycles. The molecular formula is C13H13NO2S. The lowest BCUT2D eigenvalue weighted by molar-refractivity contribution is 0.0509. The predicted molar refractivity (Wildman–Crippen MR) is 69.2 cm³/mol. The molecule has 1 aromatic carbocycles. The van der Waals surface area contributed by atoms with Crippen LogP contribution < -0.4 is 5.73 Å². The quantitative estimate of drug-likeness (QED) is 0.667. The fourth-order valence-electron chi connectivity index (χ4n) is 1.40. The molecule has 0 aliphatic heterocycles. The summed E-state index contributed by atoms with van der Waals surface area (Å²) in [6.07, 6.45) is 0.754. The summed E-state index contributed by atoms with van der Waals surface area (Å²) in [5.41, 5.74) is 7.91. The molecule has 2 aromatic rings. The van der Waals surface area contributed by atoms with Crippen LogP contribution in [-0.4, -0.2) is 12.6 Å². The molecule has 0 fully saturated rings. The molecule has 0 atom stereocenters. The summed E-state index contributed by atoms with van der Waals surface area (Å²) in [5, 5.41) is 4.06. The van der Waals surface area contributed by atoms with Crippen molar-refractivity contribution in [2.24, 2.45) is 0 Å². The molecule has 0 bridgehead atoms. The van der Waals surface area contributed by atoms with Crippen LogP contribution in [0.2, 0.25) is 0 Å². The van der Waals surface area contributed by atoms with Gasteiger partial charge in [0.2, 0.25) is 0 Å². The number of hydrogen-bond acceptors (Lipinski definition) is 4. The first-order valence-electron chi connectivity index (χ1n) is 5.29. The zero-order valence-electron chi connectivity index (χ0n) is 9.26. The molecule has 2 rings (SSSR count). The maximum absolute atomic E-state index is 11.6. The van der Waals surface area contributed by atoms with Crippen molar-refractivity contribution < 1.29 is 9.53 Å². The van der Waals surface area contributed by atoms with Crippen LogP contribution in [0.3, 0.4) is 0 Å². The zero-order valence-corrected chi connectivity index (χ0v) is 10.1. The highest BCUT2D eigenvalue weighted by atomic mass is 32.1. The third-order valence-electron chi connectivity index (χ3n) is 2.35. The van der Waals surface area contributed by atoms with Crippen molar-refractivity contribution in [3.05, 3.63) is 52.2 Å². The highest BCUT2D eigenvalue weighted by Crippen LogP contribution is 2.09. The van der Waals surface area contributed by atoms with E-state index in [9.17, 15) is 4.79 Å². The second-order valence-electron chi connectivity index (χ2n) is 3.64. The van der Waals surface area contributed by atoms with Crippen molar-refractivity contribution in [2.75, 3.05) is 12.3 Å². The molecule has 88 valence electrons. The van der Waals surface area contributed by atoms with Gasteiger partial charge < -0.3 is 10.5 Å². The van der Waals surface area contributed by atoms with Crippen molar-refractivity contribution in [3.8, 4) is 0 Å². The summed E-state index contributed by atoms with van der Waals surface area (Å²) in [4.78, 5) is 11.6. The lowest BCUT2D eigenvalue weighted by atomic mass is 10.2. The van der Waals surface area contributed by atoms with Crippen molar-refractivity contribution in [3.63, 3.8) is 0 Å². The Bertz CT molecular complexity index is 477. The van der Waals surface area contributed by atoms with E-state index >= 15 is 0 Å². The molecule has 0 aliphatic rings. The first kappa shape index (κ1) is 11.7. The van der Waals surface area contributed by atoms with Crippen LogP contribution in [0.4, 0.5) is 5.69 Å². The minimum Gasteiger partial charge on any atom is -0.462 e. The van der Waals surface area contributed by atoms with Gasteiger partial charge in [-0.05, 0) is 46.7 Å². The summed E-state index contributed by atoms with van der Waals surface area (Å²) in [6.45, 7) is 0.403. The second-order valence-corrected chi connectivity index (χ2v) is 4.42. The number of esters is 1. The molecule has 1 heterocycles. The van der Waals surface area contributed by atoms with Gasteiger partial charge in [-0.1, -0.05) is 0 Å². The van der Waals surface area contributed by atoms with Crippen LogP contribution in [0.15, 0.2) is 41.1 Å². The smallest absolute Gasteiger partial charge is 0.338 e. The number of carbonyl (C=O) groups is 1. The van der Waals surface area contributed by atoms with Gasteiger partial charge in [0.25, 0.3) is 0 Å². The Hall–Kier alpha value is -1.81. The van der Waals surface area contributed by atoms with E-state index in [1.54, 1.807) is 35.6 Å². The number of nitrogen functional groups attached to an aromatic ring is 1. The third kappa shape index (κ3) is 3.32. The van der Waals surface area contributed by atoms with Gasteiger partial charge in [0.1, 0.15) is 0 Å². The molecule has 3 nitrogen and oxygen atoms in total. The monoisotopic (exact) mass is 247 g/mol. The molecule has 0 unspecified atom stereocenters. The standard InChI is InChI=1S/C13H13NO2S/c14-12-3-1-11(2-4-12)13(15)16-7-5-10-6-8-17-9-10/h1-4,6,8-9H,5,7,14H2. The lowest BCUT2D eigenvalue weighted by Gasteiger charge is -2.04. The molecule has 0 saturated heterocycles. The van der Waals surface area contributed by atoms with E-state index < -0.39 is 0 Å². The van der Waals surface area contributed by atoms with Crippen molar-refractivity contribution in [2.45, 2.75) is 6.42 Å². The maximum Gasteiger partial charge on any atom is 0.338 e. The van der Waals surface area contributed by atoms with E-state index in [1.165, 1.54) is 5.56 Å². The number of ether oxygens (including phenoxy) is 1. The van der Waals surface area contributed by atoms with Gasteiger partial charge in [0.15, 0.2) is 0 Å². The van der Waals surface area contributed by atoms with Gasteiger partial charge in [-0.3, -0.25) is 0 Å². The molecule has 2 N–H and O–H groups in total. The van der Waals surface area contributed by atoms with Crippen molar-refractivity contribution >= 4 is 23.0 Å². The van der Waals surface area contributed by atoms with E-state index in [0.717, 1.165) is 6.42 Å². The van der Waals surface area contributed by atoms with Gasteiger partial charge in [0.05, 0.1) is 12.2 Å². The number of anilines is 1. The summed E-state index contributed by atoms with van der Waals surface area (Å²) < 4.78 is 5.17. The summed E-state index contributed by atoms with van der Waals surface area (Å²) in [7, 11) is 0. The minimum atomic E-state index is -0.305. The van der Waals surface area contributed by atoms with E-state index in [1.807, 2.05) is 11.4 Å². The average molecular weight is 247 g/mol. The molecule has 0 amide bonds. The highest BCUT2D eigenvalue weighted by Gasteiger charge is 2.06. The van der Waals surface area contributed by atoms with Gasteiger partial charge in [-0.15, -0.1) is 0 Å². The fraction of sp³-hybridized carbons (Fsp3) is 0.154. The first-order valence-corrected chi connectivity index (χ1v) is 6.24. The Morgan fingerprint density at radius 2 is 2.00 bits per heavy atom. The summed E-state index contributed by atoms with van der Waals surface area (Å²) in [5.74, 6) is -0.305. The van der Waals surface area contributed by atoms with Crippen LogP contribution in [-0.2, 0) is 11.2 Å². The zero-order chi connectivity index (χ0) is 12.1. The number of benzene rings is 1. The number of thiophene rings is 1. The first-order chi connectivity index (χ1) is 8.25. The molecule has 4 heteroatoms. The molecule has 0 radical (unpaired) electrons. The molecule has 1 aromatic heterocycles. The molecular weight excluding hydrogens is 234 g/mol. The lowest BCUT2D eigenvalue weighted by Crippen LogP contribution is -2.07. The van der Waals surface area contributed by atoms with Crippen LogP contribution in [0, 0.1) is 0 Å². The summed E-state index contributed by atoms with van der Waals surface area (Å²) in [6, 6.07) is 8.75. The van der Waals surface area contributed by atoms with Crippen LogP contribution in [0.25, 0.3) is 0 Å². The van der Waals surface area contributed by atoms with Crippen molar-refractivity contribution in [1.29, 1.82) is 0 Å². The number of rotatable bonds is 4. The fourth-order valence-corrected chi connectivity index (χ4v) is 2.10. The summed E-state index contributed by atoms with van der Waals surface area (Å²) >= 11 is 1.64. The van der Waals surface area contributed by atoms with Crippen LogP contribution in [0.1, 0.15) is 15.9 Å². The Morgan fingerprint density at radius 1 is 1.24 bits per heavy atom. The topological polar surface area (TPSA) is 52.3 Å². The average Bonchev–Trinajstić information content (AvgIpc) is 2.83. The molecule has 0 aliphatic carbocycles. The minimum absolute atomic E-state index is 0.305. The second kappa shape index (κ2) is 5.50. The molecule has 0 spiro atoms. The van der Waals surface area contributed by atoms with E-state index in [-0.39, 0.29) is 5.97 Å². The van der Waals surface area contributed by atoms with E-state index in [2.05, 4.69) is 5.38 Å². The Balaban J connectivity index is 1.83. The molecule has 17 heavy (non-hydrogen) atoms. The third-order valence-corrected chi connectivity index (χ3v) is 3.08. The normalized spacial score (nSPS) is 10.1. The Kier molecular flexibility index (Phi) is 3.77. The van der Waals surface area contributed by atoms with Gasteiger partial charge >= 0.3 is 5.97 Å². The van der Waals surface area contributed by atoms with E-state index in [0.29, 0.717) is 17.9 Å². The number of carbonyl (C=O) groups excluding carboxylic acids is 1. The Labute approximate surface area is 104 Å². The Morgan fingerprint density at radius 3 is 2.65 bits per heavy atom. The highest BCUT2D eigenvalue weighted by molar-refractivity contribution is 7.07. The van der Waals surface area contributed by atoms with Crippen LogP contribution in [0.5, 0.6) is 0 Å². The van der Waals surface area contributed by atoms with Gasteiger partial charge in [-0.25, -0.2) is 4.79 Å². The number of hydrogen-bond donors (Lipinski definition) is 1. The van der Waals surface area contributed by atoms with Crippen molar-refractivity contribution in [1.82, 2.24) is 0 Å². The maximum atomic E-state index is 11.6. The predicted octanol–water partition coefficient (Wildman–Crippen LogP) is 2.73. The largest absolute Gasteiger partial charge is 0.462 e. The number of nitrogens with two attached hydrogens (primary N) is 1. The SMILES string of the molecule is Nc1ccc(C(=O)OCCc2ccsc2)cc1. The van der Waals surface area contributed by atoms with Crippen LogP contribution >= 0.6 is 11.3 Å². The van der Waals surface area contributed by atoms with Gasteiger partial charge in [0, 0.05) is 12.1 Å². The van der Waals surface area contributed by atoms with E-state index in [4.69, 9.17) is 10.5 Å².